The van der Waals surface area contributed by atoms with Crippen LogP contribution in [0.3, 0.4) is 0 Å². The molecule has 1 spiro atoms. The molecule has 1 heterocycles. The van der Waals surface area contributed by atoms with E-state index in [2.05, 4.69) is 45.5 Å². The fraction of sp³-hybridized carbons (Fsp3) is 0.571. The van der Waals surface area contributed by atoms with Crippen molar-refractivity contribution in [1.29, 1.82) is 0 Å². The first-order valence-electron chi connectivity index (χ1n) is 6.26. The van der Waals surface area contributed by atoms with Crippen molar-refractivity contribution in [3.8, 4) is 0 Å². The second-order valence-electron chi connectivity index (χ2n) is 5.30. The molecule has 0 radical (unpaired) electrons. The summed E-state index contributed by atoms with van der Waals surface area (Å²) in [5.74, 6) is 0.739. The molecule has 0 unspecified atom stereocenters. The Morgan fingerprint density at radius 1 is 1.12 bits per heavy atom. The minimum Gasteiger partial charge on any atom is -0.316 e. The van der Waals surface area contributed by atoms with Gasteiger partial charge in [-0.05, 0) is 36.0 Å². The first-order chi connectivity index (χ1) is 7.80. The molecule has 1 saturated heterocycles. The maximum absolute atomic E-state index is 3.61. The molecule has 0 bridgehead atoms. The van der Waals surface area contributed by atoms with E-state index < -0.39 is 0 Å². The Morgan fingerprint density at radius 3 is 2.50 bits per heavy atom. The Hall–Kier alpha value is -0.340. The molecule has 2 fully saturated rings. The zero-order chi connectivity index (χ0) is 11.0. The van der Waals surface area contributed by atoms with E-state index in [4.69, 9.17) is 0 Å². The summed E-state index contributed by atoms with van der Waals surface area (Å²) >= 11 is 3.51. The lowest BCUT2D eigenvalue weighted by atomic mass is 9.73. The van der Waals surface area contributed by atoms with Gasteiger partial charge in [0, 0.05) is 23.5 Å². The minimum atomic E-state index is 0.577. The molecule has 2 heteroatoms. The number of halogens is 1. The third-order valence-electron chi connectivity index (χ3n) is 4.44. The van der Waals surface area contributed by atoms with Gasteiger partial charge in [-0.1, -0.05) is 40.9 Å². The van der Waals surface area contributed by atoms with Gasteiger partial charge < -0.3 is 5.32 Å². The van der Waals surface area contributed by atoms with Gasteiger partial charge in [-0.15, -0.1) is 0 Å². The summed E-state index contributed by atoms with van der Waals surface area (Å²) in [5, 5.41) is 3.61. The lowest BCUT2D eigenvalue weighted by Gasteiger charge is -2.30. The molecular weight excluding hydrogens is 262 g/mol. The van der Waals surface area contributed by atoms with Crippen LogP contribution < -0.4 is 5.32 Å². The highest BCUT2D eigenvalue weighted by molar-refractivity contribution is 9.10. The lowest BCUT2D eigenvalue weighted by Crippen LogP contribution is -2.25. The average molecular weight is 280 g/mol. The third kappa shape index (κ3) is 1.72. The smallest absolute Gasteiger partial charge is 0.0175 e. The second kappa shape index (κ2) is 4.15. The molecule has 1 aromatic carbocycles. The molecule has 16 heavy (non-hydrogen) atoms. The van der Waals surface area contributed by atoms with E-state index >= 15 is 0 Å². The van der Waals surface area contributed by atoms with Gasteiger partial charge in [-0.3, -0.25) is 0 Å². The van der Waals surface area contributed by atoms with E-state index in [1.165, 1.54) is 48.8 Å². The molecule has 1 aliphatic carbocycles. The molecule has 1 nitrogen and oxygen atoms in total. The Labute approximate surface area is 106 Å². The van der Waals surface area contributed by atoms with Crippen LogP contribution in [-0.2, 0) is 0 Å². The fourth-order valence-electron chi connectivity index (χ4n) is 3.58. The molecule has 1 atom stereocenters. The van der Waals surface area contributed by atoms with Crippen LogP contribution in [0.25, 0.3) is 0 Å². The molecule has 0 amide bonds. The number of hydrogen-bond donors (Lipinski definition) is 1. The average Bonchev–Trinajstić information content (AvgIpc) is 2.91. The first-order valence-corrected chi connectivity index (χ1v) is 7.06. The summed E-state index contributed by atoms with van der Waals surface area (Å²) in [5.41, 5.74) is 2.10. The van der Waals surface area contributed by atoms with Gasteiger partial charge in [0.25, 0.3) is 0 Å². The van der Waals surface area contributed by atoms with E-state index in [0.717, 1.165) is 5.92 Å². The zero-order valence-corrected chi connectivity index (χ0v) is 11.1. The van der Waals surface area contributed by atoms with Crippen molar-refractivity contribution in [2.24, 2.45) is 5.41 Å². The molecule has 86 valence electrons. The van der Waals surface area contributed by atoms with Gasteiger partial charge in [-0.25, -0.2) is 0 Å². The molecule has 3 rings (SSSR count). The summed E-state index contributed by atoms with van der Waals surface area (Å²) in [6.45, 7) is 2.40. The van der Waals surface area contributed by atoms with Crippen LogP contribution in [0.1, 0.15) is 37.2 Å². The highest BCUT2D eigenvalue weighted by Gasteiger charge is 2.44. The van der Waals surface area contributed by atoms with Crippen molar-refractivity contribution in [2.45, 2.75) is 31.6 Å². The second-order valence-corrected chi connectivity index (χ2v) is 6.22. The van der Waals surface area contributed by atoms with Crippen LogP contribution in [-0.4, -0.2) is 13.1 Å². The molecule has 2 aliphatic rings. The van der Waals surface area contributed by atoms with Gasteiger partial charge in [0.1, 0.15) is 0 Å². The molecule has 1 N–H and O–H groups in total. The van der Waals surface area contributed by atoms with Crippen LogP contribution in [0.5, 0.6) is 0 Å². The maximum Gasteiger partial charge on any atom is 0.0175 e. The van der Waals surface area contributed by atoms with Crippen molar-refractivity contribution in [3.05, 3.63) is 34.3 Å². The van der Waals surface area contributed by atoms with Crippen LogP contribution >= 0.6 is 15.9 Å². The van der Waals surface area contributed by atoms with Gasteiger partial charge in [0.2, 0.25) is 0 Å². The van der Waals surface area contributed by atoms with E-state index in [1.807, 2.05) is 0 Å². The maximum atomic E-state index is 3.61. The summed E-state index contributed by atoms with van der Waals surface area (Å²) < 4.78 is 1.18. The standard InChI is InChI=1S/C14H18BrN/c15-12-5-3-11(4-6-12)13-9-16-10-14(13)7-1-2-8-14/h3-6,13,16H,1-2,7-10H2/t13-/m1/s1. The van der Waals surface area contributed by atoms with E-state index in [-0.39, 0.29) is 0 Å². The van der Waals surface area contributed by atoms with Crippen LogP contribution in [0.4, 0.5) is 0 Å². The van der Waals surface area contributed by atoms with Crippen molar-refractivity contribution in [1.82, 2.24) is 5.32 Å². The molecule has 0 aromatic heterocycles. The first kappa shape index (κ1) is 10.8. The van der Waals surface area contributed by atoms with Crippen molar-refractivity contribution >= 4 is 15.9 Å². The summed E-state index contributed by atoms with van der Waals surface area (Å²) in [6.07, 6.45) is 5.69. The van der Waals surface area contributed by atoms with Crippen molar-refractivity contribution in [3.63, 3.8) is 0 Å². The van der Waals surface area contributed by atoms with Crippen LogP contribution in [0.2, 0.25) is 0 Å². The molecule has 1 saturated carbocycles. The third-order valence-corrected chi connectivity index (χ3v) is 4.97. The topological polar surface area (TPSA) is 12.0 Å². The summed E-state index contributed by atoms with van der Waals surface area (Å²) in [7, 11) is 0. The number of rotatable bonds is 1. The van der Waals surface area contributed by atoms with E-state index in [0.29, 0.717) is 5.41 Å². The Kier molecular flexibility index (Phi) is 2.80. The van der Waals surface area contributed by atoms with Gasteiger partial charge >= 0.3 is 0 Å². The largest absolute Gasteiger partial charge is 0.316 e. The Bertz CT molecular complexity index is 359. The quantitative estimate of drug-likeness (QED) is 0.827. The Morgan fingerprint density at radius 2 is 1.81 bits per heavy atom. The highest BCUT2D eigenvalue weighted by Crippen LogP contribution is 2.50. The normalized spacial score (nSPS) is 27.7. The van der Waals surface area contributed by atoms with E-state index in [1.54, 1.807) is 0 Å². The van der Waals surface area contributed by atoms with Gasteiger partial charge in [0.05, 0.1) is 0 Å². The predicted octanol–water partition coefficient (Wildman–Crippen LogP) is 3.70. The summed E-state index contributed by atoms with van der Waals surface area (Å²) in [4.78, 5) is 0. The van der Waals surface area contributed by atoms with Crippen LogP contribution in [0.15, 0.2) is 28.7 Å². The SMILES string of the molecule is Brc1ccc([C@H]2CNCC23CCCC3)cc1. The molecular formula is C14H18BrN. The number of hydrogen-bond acceptors (Lipinski definition) is 1. The monoisotopic (exact) mass is 279 g/mol. The van der Waals surface area contributed by atoms with Crippen molar-refractivity contribution in [2.75, 3.05) is 13.1 Å². The number of nitrogens with one attached hydrogen (secondary N) is 1. The highest BCUT2D eigenvalue weighted by atomic mass is 79.9. The molecule has 1 aliphatic heterocycles. The minimum absolute atomic E-state index is 0.577. The zero-order valence-electron chi connectivity index (χ0n) is 9.51. The lowest BCUT2D eigenvalue weighted by molar-refractivity contribution is 0.295. The van der Waals surface area contributed by atoms with Gasteiger partial charge in [-0.2, -0.15) is 0 Å². The molecule has 1 aromatic rings. The van der Waals surface area contributed by atoms with Gasteiger partial charge in [0.15, 0.2) is 0 Å². The predicted molar refractivity (Wildman–Crippen MR) is 70.7 cm³/mol. The van der Waals surface area contributed by atoms with Crippen LogP contribution in [0, 0.1) is 5.41 Å². The van der Waals surface area contributed by atoms with E-state index in [9.17, 15) is 0 Å². The summed E-state index contributed by atoms with van der Waals surface area (Å²) in [6, 6.07) is 8.94. The fourth-order valence-corrected chi connectivity index (χ4v) is 3.84. The van der Waals surface area contributed by atoms with Crippen molar-refractivity contribution < 1.29 is 0 Å². The number of benzene rings is 1. The Balaban J connectivity index is 1.91.